The molecule has 1 N–H and O–H groups in total. The van der Waals surface area contributed by atoms with Crippen molar-refractivity contribution in [2.75, 3.05) is 13.7 Å². The van der Waals surface area contributed by atoms with Gasteiger partial charge in [-0.15, -0.1) is 0 Å². The van der Waals surface area contributed by atoms with Crippen molar-refractivity contribution in [2.45, 2.75) is 38.5 Å². The Morgan fingerprint density at radius 1 is 1.43 bits per heavy atom. The fourth-order valence-electron chi connectivity index (χ4n) is 4.23. The van der Waals surface area contributed by atoms with Crippen LogP contribution in [0.1, 0.15) is 47.7 Å². The molecule has 0 aromatic heterocycles. The molecule has 0 amide bonds. The number of aromatic hydroxyl groups is 1. The summed E-state index contributed by atoms with van der Waals surface area (Å²) in [5, 5.41) is 10.4. The van der Waals surface area contributed by atoms with Crippen LogP contribution in [0.5, 0.6) is 5.75 Å². The van der Waals surface area contributed by atoms with Gasteiger partial charge in [-0.1, -0.05) is 19.1 Å². The molecule has 2 atom stereocenters. The van der Waals surface area contributed by atoms with Gasteiger partial charge >= 0.3 is 0 Å². The molecular formula is C19H22O4. The van der Waals surface area contributed by atoms with Gasteiger partial charge in [0.25, 0.3) is 0 Å². The maximum Gasteiger partial charge on any atom is 0.167 e. The molecule has 2 aliphatic rings. The second-order valence-electron chi connectivity index (χ2n) is 6.85. The first-order chi connectivity index (χ1) is 10.9. The van der Waals surface area contributed by atoms with Gasteiger partial charge in [-0.25, -0.2) is 0 Å². The highest BCUT2D eigenvalue weighted by Crippen LogP contribution is 2.53. The monoisotopic (exact) mass is 314 g/mol. The van der Waals surface area contributed by atoms with Gasteiger partial charge in [-0.05, 0) is 48.0 Å². The number of carbonyl (C=O) groups excluding carboxylic acids is 2. The van der Waals surface area contributed by atoms with Crippen LogP contribution in [0.3, 0.4) is 0 Å². The lowest BCUT2D eigenvalue weighted by Crippen LogP contribution is -2.44. The topological polar surface area (TPSA) is 63.6 Å². The first-order valence-electron chi connectivity index (χ1n) is 7.96. The molecule has 0 fully saturated rings. The molecule has 3 rings (SSSR count). The van der Waals surface area contributed by atoms with E-state index in [2.05, 4.69) is 6.92 Å². The zero-order valence-corrected chi connectivity index (χ0v) is 13.8. The van der Waals surface area contributed by atoms with Crippen LogP contribution >= 0.6 is 0 Å². The summed E-state index contributed by atoms with van der Waals surface area (Å²) in [7, 11) is 1.61. The fourth-order valence-corrected chi connectivity index (χ4v) is 4.23. The highest BCUT2D eigenvalue weighted by Gasteiger charge is 2.48. The van der Waals surface area contributed by atoms with Crippen molar-refractivity contribution in [2.24, 2.45) is 5.92 Å². The number of hydrogen-bond acceptors (Lipinski definition) is 4. The molecule has 0 heterocycles. The number of methoxy groups -OCH3 is 1. The van der Waals surface area contributed by atoms with Crippen molar-refractivity contribution in [3.05, 3.63) is 40.0 Å². The van der Waals surface area contributed by atoms with E-state index in [1.165, 1.54) is 0 Å². The Morgan fingerprint density at radius 2 is 2.17 bits per heavy atom. The second kappa shape index (κ2) is 5.60. The van der Waals surface area contributed by atoms with Crippen molar-refractivity contribution in [1.82, 2.24) is 0 Å². The predicted molar refractivity (Wildman–Crippen MR) is 86.8 cm³/mol. The molecule has 2 unspecified atom stereocenters. The molecule has 0 aliphatic heterocycles. The molecule has 0 saturated carbocycles. The van der Waals surface area contributed by atoms with E-state index in [9.17, 15) is 14.7 Å². The summed E-state index contributed by atoms with van der Waals surface area (Å²) >= 11 is 0. The average molecular weight is 314 g/mol. The van der Waals surface area contributed by atoms with E-state index in [-0.39, 0.29) is 22.9 Å². The summed E-state index contributed by atoms with van der Waals surface area (Å²) in [6, 6.07) is 3.83. The average Bonchev–Trinajstić information content (AvgIpc) is 2.52. The highest BCUT2D eigenvalue weighted by atomic mass is 16.5. The van der Waals surface area contributed by atoms with E-state index in [1.807, 2.05) is 12.1 Å². The summed E-state index contributed by atoms with van der Waals surface area (Å²) in [5.74, 6) is 0.00793. The summed E-state index contributed by atoms with van der Waals surface area (Å²) in [4.78, 5) is 24.1. The number of benzene rings is 1. The number of carbonyl (C=O) groups is 2. The van der Waals surface area contributed by atoms with E-state index < -0.39 is 0 Å². The zero-order chi connectivity index (χ0) is 16.8. The van der Waals surface area contributed by atoms with Gasteiger partial charge in [0.2, 0.25) is 0 Å². The number of aryl methyl sites for hydroxylation is 1. The van der Waals surface area contributed by atoms with Crippen molar-refractivity contribution in [1.29, 1.82) is 0 Å². The lowest BCUT2D eigenvalue weighted by atomic mass is 9.56. The number of Topliss-reactive ketones (excluding diaryl/α,β-unsaturated/α-hetero) is 1. The Labute approximate surface area is 136 Å². The Bertz CT molecular complexity index is 716. The third-order valence-corrected chi connectivity index (χ3v) is 5.62. The molecule has 0 radical (unpaired) electrons. The molecule has 0 spiro atoms. The van der Waals surface area contributed by atoms with Crippen molar-refractivity contribution in [3.63, 3.8) is 0 Å². The van der Waals surface area contributed by atoms with Crippen LogP contribution in [-0.2, 0) is 14.9 Å². The zero-order valence-electron chi connectivity index (χ0n) is 13.8. The smallest absolute Gasteiger partial charge is 0.167 e. The van der Waals surface area contributed by atoms with Crippen molar-refractivity contribution in [3.8, 4) is 5.75 Å². The number of hydrogen-bond donors (Lipinski definition) is 1. The molecule has 1 aromatic carbocycles. The summed E-state index contributed by atoms with van der Waals surface area (Å²) in [6.07, 6.45) is 2.69. The van der Waals surface area contributed by atoms with Gasteiger partial charge in [0, 0.05) is 18.9 Å². The van der Waals surface area contributed by atoms with Crippen molar-refractivity contribution < 1.29 is 19.4 Å². The molecule has 4 heteroatoms. The highest BCUT2D eigenvalue weighted by molar-refractivity contribution is 6.02. The minimum Gasteiger partial charge on any atom is -0.507 e. The van der Waals surface area contributed by atoms with E-state index in [0.717, 1.165) is 35.0 Å². The lowest BCUT2D eigenvalue weighted by molar-refractivity contribution is -0.105. The molecular weight excluding hydrogens is 292 g/mol. The van der Waals surface area contributed by atoms with E-state index in [1.54, 1.807) is 14.0 Å². The van der Waals surface area contributed by atoms with Crippen LogP contribution in [-0.4, -0.2) is 30.9 Å². The number of ether oxygens (including phenoxy) is 1. The van der Waals surface area contributed by atoms with Crippen LogP contribution in [0, 0.1) is 12.8 Å². The maximum atomic E-state index is 12.7. The molecule has 0 bridgehead atoms. The minimum absolute atomic E-state index is 0.0430. The second-order valence-corrected chi connectivity index (χ2v) is 6.85. The van der Waals surface area contributed by atoms with Crippen LogP contribution in [0.15, 0.2) is 23.3 Å². The third-order valence-electron chi connectivity index (χ3n) is 5.62. The molecule has 122 valence electrons. The standard InChI is InChI=1S/C19H22O4/c1-11-4-5-14-17(18(11)22)16(21)8-15-13(10-23-3)12(9-20)6-7-19(14,15)2/h4-5,9,15,22H,6-8,10H2,1-3H3. The number of fused-ring (bicyclic) bond motifs is 3. The molecule has 0 saturated heterocycles. The molecule has 2 aliphatic carbocycles. The summed E-state index contributed by atoms with van der Waals surface area (Å²) in [5.41, 5.74) is 3.54. The van der Waals surface area contributed by atoms with E-state index in [0.29, 0.717) is 25.0 Å². The number of ketones is 1. The van der Waals surface area contributed by atoms with Gasteiger partial charge in [0.05, 0.1) is 12.2 Å². The summed E-state index contributed by atoms with van der Waals surface area (Å²) < 4.78 is 5.30. The molecule has 23 heavy (non-hydrogen) atoms. The lowest BCUT2D eigenvalue weighted by Gasteiger charge is -2.47. The number of aldehydes is 1. The fraction of sp³-hybridized carbons (Fsp3) is 0.474. The van der Waals surface area contributed by atoms with Crippen molar-refractivity contribution >= 4 is 12.1 Å². The minimum atomic E-state index is -0.255. The Kier molecular flexibility index (Phi) is 3.88. The first-order valence-corrected chi connectivity index (χ1v) is 7.96. The van der Waals surface area contributed by atoms with Crippen LogP contribution in [0.25, 0.3) is 0 Å². The SMILES string of the molecule is COCC1=C(C=O)CCC2(C)c3ccc(C)c(O)c3C(=O)CC12. The molecule has 4 nitrogen and oxygen atoms in total. The maximum absolute atomic E-state index is 12.7. The van der Waals surface area contributed by atoms with Gasteiger partial charge in [-0.3, -0.25) is 9.59 Å². The van der Waals surface area contributed by atoms with Gasteiger partial charge in [0.15, 0.2) is 5.78 Å². The van der Waals surface area contributed by atoms with E-state index in [4.69, 9.17) is 4.74 Å². The van der Waals surface area contributed by atoms with Crippen LogP contribution in [0.2, 0.25) is 0 Å². The van der Waals surface area contributed by atoms with Gasteiger partial charge < -0.3 is 9.84 Å². The Hall–Kier alpha value is -1.94. The number of phenolic OH excluding ortho intramolecular Hbond substituents is 1. The summed E-state index contributed by atoms with van der Waals surface area (Å²) in [6.45, 7) is 4.31. The first kappa shape index (κ1) is 15.9. The normalized spacial score (nSPS) is 26.7. The third kappa shape index (κ3) is 2.24. The van der Waals surface area contributed by atoms with Crippen LogP contribution < -0.4 is 0 Å². The quantitative estimate of drug-likeness (QED) is 0.871. The largest absolute Gasteiger partial charge is 0.507 e. The van der Waals surface area contributed by atoms with Crippen LogP contribution in [0.4, 0.5) is 0 Å². The molecule has 1 aromatic rings. The number of allylic oxidation sites excluding steroid dienone is 1. The number of rotatable bonds is 3. The van der Waals surface area contributed by atoms with E-state index >= 15 is 0 Å². The van der Waals surface area contributed by atoms with Gasteiger partial charge in [0.1, 0.15) is 12.0 Å². The predicted octanol–water partition coefficient (Wildman–Crippen LogP) is 3.10. The number of phenols is 1. The van der Waals surface area contributed by atoms with Gasteiger partial charge in [-0.2, -0.15) is 0 Å². The Morgan fingerprint density at radius 3 is 2.83 bits per heavy atom. The Balaban J connectivity index is 2.21.